The van der Waals surface area contributed by atoms with E-state index in [9.17, 15) is 14.4 Å². The van der Waals surface area contributed by atoms with Gasteiger partial charge in [0.05, 0.1) is 0 Å². The molecule has 0 amide bonds. The molecular formula is C51H98O6. The first kappa shape index (κ1) is 55.4. The average Bonchev–Trinajstić information content (AvgIpc) is 3.19. The normalized spacial score (nSPS) is 11.9. The molecule has 0 aromatic carbocycles. The van der Waals surface area contributed by atoms with Crippen molar-refractivity contribution >= 4 is 17.9 Å². The first-order valence-corrected chi connectivity index (χ1v) is 25.4. The summed E-state index contributed by atoms with van der Waals surface area (Å²) in [7, 11) is 0. The van der Waals surface area contributed by atoms with Gasteiger partial charge in [0.2, 0.25) is 0 Å². The molecule has 0 N–H and O–H groups in total. The van der Waals surface area contributed by atoms with Crippen LogP contribution in [0.25, 0.3) is 0 Å². The van der Waals surface area contributed by atoms with E-state index in [0.29, 0.717) is 19.3 Å². The zero-order valence-corrected chi connectivity index (χ0v) is 38.8. The maximum atomic E-state index is 12.8. The number of hydrogen-bond acceptors (Lipinski definition) is 6. The minimum atomic E-state index is -0.760. The van der Waals surface area contributed by atoms with Crippen LogP contribution in [0, 0.1) is 5.92 Å². The molecule has 0 aliphatic carbocycles. The molecule has 6 heteroatoms. The van der Waals surface area contributed by atoms with Gasteiger partial charge in [0.1, 0.15) is 13.2 Å². The summed E-state index contributed by atoms with van der Waals surface area (Å²) in [6.45, 7) is 9.00. The second-order valence-corrected chi connectivity index (χ2v) is 17.9. The molecule has 0 rings (SSSR count). The molecule has 0 aromatic heterocycles. The molecular weight excluding hydrogens is 709 g/mol. The van der Waals surface area contributed by atoms with Crippen LogP contribution >= 0.6 is 0 Å². The van der Waals surface area contributed by atoms with E-state index in [1.807, 2.05) is 0 Å². The summed E-state index contributed by atoms with van der Waals surface area (Å²) in [4.78, 5) is 37.9. The Bertz CT molecular complexity index is 857. The van der Waals surface area contributed by atoms with Crippen molar-refractivity contribution in [2.45, 2.75) is 291 Å². The predicted octanol–water partition coefficient (Wildman–Crippen LogP) is 16.3. The SMILES string of the molecule is CCCCCCCCCCCCCCCCC(=O)OC[C@H](COC(=O)CCCCCCCCCCCCCCC)OC(=O)CCCCCCCCCCCC(C)C. The van der Waals surface area contributed by atoms with Crippen LogP contribution in [0.15, 0.2) is 0 Å². The highest BCUT2D eigenvalue weighted by Gasteiger charge is 2.19. The number of unbranched alkanes of at least 4 members (excludes halogenated alkanes) is 33. The van der Waals surface area contributed by atoms with Crippen molar-refractivity contribution in [1.82, 2.24) is 0 Å². The molecule has 0 saturated carbocycles. The Morgan fingerprint density at radius 1 is 0.333 bits per heavy atom. The highest BCUT2D eigenvalue weighted by Crippen LogP contribution is 2.17. The third-order valence-electron chi connectivity index (χ3n) is 11.5. The highest BCUT2D eigenvalue weighted by molar-refractivity contribution is 5.71. The van der Waals surface area contributed by atoms with E-state index in [-0.39, 0.29) is 31.1 Å². The Morgan fingerprint density at radius 3 is 0.860 bits per heavy atom. The van der Waals surface area contributed by atoms with Gasteiger partial charge in [-0.3, -0.25) is 14.4 Å². The van der Waals surface area contributed by atoms with Crippen LogP contribution in [-0.4, -0.2) is 37.2 Å². The lowest BCUT2D eigenvalue weighted by molar-refractivity contribution is -0.167. The summed E-state index contributed by atoms with van der Waals surface area (Å²) in [5, 5.41) is 0. The fourth-order valence-electron chi connectivity index (χ4n) is 7.69. The van der Waals surface area contributed by atoms with Crippen molar-refractivity contribution in [2.75, 3.05) is 13.2 Å². The Hall–Kier alpha value is -1.59. The van der Waals surface area contributed by atoms with E-state index < -0.39 is 6.10 Å². The van der Waals surface area contributed by atoms with Crippen LogP contribution in [0.4, 0.5) is 0 Å². The molecule has 1 atom stereocenters. The van der Waals surface area contributed by atoms with Crippen LogP contribution in [0.3, 0.4) is 0 Å². The van der Waals surface area contributed by atoms with Gasteiger partial charge in [0.15, 0.2) is 6.10 Å². The third kappa shape index (κ3) is 45.3. The van der Waals surface area contributed by atoms with E-state index in [2.05, 4.69) is 27.7 Å². The molecule has 0 unspecified atom stereocenters. The van der Waals surface area contributed by atoms with Crippen molar-refractivity contribution in [3.8, 4) is 0 Å². The first-order chi connectivity index (χ1) is 27.9. The van der Waals surface area contributed by atoms with Crippen LogP contribution in [0.2, 0.25) is 0 Å². The smallest absolute Gasteiger partial charge is 0.306 e. The molecule has 0 bridgehead atoms. The maximum absolute atomic E-state index is 12.8. The molecule has 0 fully saturated rings. The van der Waals surface area contributed by atoms with Crippen LogP contribution in [0.5, 0.6) is 0 Å². The Labute approximate surface area is 355 Å². The van der Waals surface area contributed by atoms with Gasteiger partial charge in [-0.15, -0.1) is 0 Å². The van der Waals surface area contributed by atoms with Crippen LogP contribution < -0.4 is 0 Å². The number of carbonyl (C=O) groups excluding carboxylic acids is 3. The summed E-state index contributed by atoms with van der Waals surface area (Å²) in [5.41, 5.74) is 0. The molecule has 6 nitrogen and oxygen atoms in total. The van der Waals surface area contributed by atoms with Crippen molar-refractivity contribution < 1.29 is 28.6 Å². The number of carbonyl (C=O) groups is 3. The quantitative estimate of drug-likeness (QED) is 0.0346. The van der Waals surface area contributed by atoms with Gasteiger partial charge in [-0.05, 0) is 25.2 Å². The van der Waals surface area contributed by atoms with Gasteiger partial charge in [-0.25, -0.2) is 0 Å². The lowest BCUT2D eigenvalue weighted by Gasteiger charge is -2.18. The standard InChI is InChI=1S/C51H98O6/c1-5-7-9-11-13-15-17-19-21-23-27-31-35-39-43-50(53)56-46-48(57-51(54)44-40-36-32-28-24-25-29-33-37-41-47(3)4)45-55-49(52)42-38-34-30-26-22-20-18-16-14-12-10-8-6-2/h47-48H,5-46H2,1-4H3/t48-/m0/s1. The minimum absolute atomic E-state index is 0.0631. The summed E-state index contributed by atoms with van der Waals surface area (Å²) in [6, 6.07) is 0. The fourth-order valence-corrected chi connectivity index (χ4v) is 7.69. The topological polar surface area (TPSA) is 78.9 Å². The van der Waals surface area contributed by atoms with Crippen LogP contribution in [0.1, 0.15) is 285 Å². The van der Waals surface area contributed by atoms with E-state index in [1.54, 1.807) is 0 Å². The number of esters is 3. The number of hydrogen-bond donors (Lipinski definition) is 0. The van der Waals surface area contributed by atoms with Gasteiger partial charge >= 0.3 is 17.9 Å². The van der Waals surface area contributed by atoms with Gasteiger partial charge < -0.3 is 14.2 Å². The van der Waals surface area contributed by atoms with Gasteiger partial charge in [-0.1, -0.05) is 246 Å². The van der Waals surface area contributed by atoms with Crippen LogP contribution in [-0.2, 0) is 28.6 Å². The summed E-state index contributed by atoms with van der Waals surface area (Å²) >= 11 is 0. The molecule has 57 heavy (non-hydrogen) atoms. The Balaban J connectivity index is 4.31. The third-order valence-corrected chi connectivity index (χ3v) is 11.5. The average molecular weight is 807 g/mol. The summed E-state index contributed by atoms with van der Waals surface area (Å²) in [5.74, 6) is -0.0406. The van der Waals surface area contributed by atoms with Crippen molar-refractivity contribution in [1.29, 1.82) is 0 Å². The monoisotopic (exact) mass is 807 g/mol. The summed E-state index contributed by atoms with van der Waals surface area (Å²) in [6.07, 6.45) is 46.5. The molecule has 0 heterocycles. The lowest BCUT2D eigenvalue weighted by Crippen LogP contribution is -2.30. The van der Waals surface area contributed by atoms with E-state index in [1.165, 1.54) is 180 Å². The lowest BCUT2D eigenvalue weighted by atomic mass is 10.0. The van der Waals surface area contributed by atoms with Gasteiger partial charge in [-0.2, -0.15) is 0 Å². The first-order valence-electron chi connectivity index (χ1n) is 25.4. The maximum Gasteiger partial charge on any atom is 0.306 e. The molecule has 0 aliphatic heterocycles. The summed E-state index contributed by atoms with van der Waals surface area (Å²) < 4.78 is 16.8. The number of ether oxygens (including phenoxy) is 3. The fraction of sp³-hybridized carbons (Fsp3) is 0.941. The molecule has 338 valence electrons. The molecule has 0 radical (unpaired) electrons. The molecule has 0 spiro atoms. The van der Waals surface area contributed by atoms with Gasteiger partial charge in [0, 0.05) is 19.3 Å². The Morgan fingerprint density at radius 2 is 0.579 bits per heavy atom. The van der Waals surface area contributed by atoms with E-state index >= 15 is 0 Å². The predicted molar refractivity (Wildman–Crippen MR) is 243 cm³/mol. The van der Waals surface area contributed by atoms with Crippen molar-refractivity contribution in [2.24, 2.45) is 5.92 Å². The highest BCUT2D eigenvalue weighted by atomic mass is 16.6. The van der Waals surface area contributed by atoms with E-state index in [0.717, 1.165) is 63.7 Å². The minimum Gasteiger partial charge on any atom is -0.462 e. The second-order valence-electron chi connectivity index (χ2n) is 17.9. The molecule has 0 aromatic rings. The second kappa shape index (κ2) is 45.5. The molecule has 0 saturated heterocycles. The number of rotatable bonds is 46. The van der Waals surface area contributed by atoms with Crippen molar-refractivity contribution in [3.63, 3.8) is 0 Å². The van der Waals surface area contributed by atoms with E-state index in [4.69, 9.17) is 14.2 Å². The largest absolute Gasteiger partial charge is 0.462 e. The zero-order chi connectivity index (χ0) is 41.7. The van der Waals surface area contributed by atoms with Crippen molar-refractivity contribution in [3.05, 3.63) is 0 Å². The van der Waals surface area contributed by atoms with Gasteiger partial charge in [0.25, 0.3) is 0 Å². The Kier molecular flexibility index (Phi) is 44.2. The molecule has 0 aliphatic rings. The zero-order valence-electron chi connectivity index (χ0n) is 38.8.